The Morgan fingerprint density at radius 3 is 2.50 bits per heavy atom. The Balaban J connectivity index is 1.44. The first-order chi connectivity index (χ1) is 9.70. The SMILES string of the molecule is NC(=S)c1ccc(OCCN2CC3CCC(C2)O3)cc1. The molecule has 0 aromatic heterocycles. The highest BCUT2D eigenvalue weighted by Gasteiger charge is 2.33. The van der Waals surface area contributed by atoms with E-state index in [0.717, 1.165) is 30.9 Å². The first-order valence-corrected chi connectivity index (χ1v) is 7.52. The molecule has 0 aliphatic carbocycles. The van der Waals surface area contributed by atoms with Crippen LogP contribution in [0.1, 0.15) is 18.4 Å². The number of nitrogens with two attached hydrogens (primary N) is 1. The summed E-state index contributed by atoms with van der Waals surface area (Å²) in [5.41, 5.74) is 6.44. The van der Waals surface area contributed by atoms with Crippen molar-refractivity contribution in [3.63, 3.8) is 0 Å². The molecule has 3 rings (SSSR count). The fraction of sp³-hybridized carbons (Fsp3) is 0.533. The number of rotatable bonds is 5. The van der Waals surface area contributed by atoms with E-state index in [1.165, 1.54) is 12.8 Å². The van der Waals surface area contributed by atoms with Gasteiger partial charge in [-0.05, 0) is 37.1 Å². The summed E-state index contributed by atoms with van der Waals surface area (Å²) in [7, 11) is 0. The zero-order chi connectivity index (χ0) is 13.9. The van der Waals surface area contributed by atoms with Crippen molar-refractivity contribution >= 4 is 17.2 Å². The summed E-state index contributed by atoms with van der Waals surface area (Å²) < 4.78 is 11.6. The molecule has 2 N–H and O–H groups in total. The fourth-order valence-corrected chi connectivity index (χ4v) is 3.03. The summed E-state index contributed by atoms with van der Waals surface area (Å²) in [6.07, 6.45) is 3.31. The standard InChI is InChI=1S/C15H20N2O2S/c16-15(20)11-1-3-12(4-2-11)18-8-7-17-9-13-5-6-14(10-17)19-13/h1-4,13-14H,5-10H2,(H2,16,20). The van der Waals surface area contributed by atoms with Gasteiger partial charge in [0.05, 0.1) is 12.2 Å². The van der Waals surface area contributed by atoms with Gasteiger partial charge in [0.25, 0.3) is 0 Å². The van der Waals surface area contributed by atoms with Gasteiger partial charge in [0.2, 0.25) is 0 Å². The molecule has 2 aliphatic heterocycles. The Kier molecular flexibility index (Phi) is 4.19. The number of hydrogen-bond acceptors (Lipinski definition) is 4. The van der Waals surface area contributed by atoms with E-state index in [2.05, 4.69) is 4.90 Å². The third-order valence-electron chi connectivity index (χ3n) is 3.93. The van der Waals surface area contributed by atoms with E-state index in [4.69, 9.17) is 27.4 Å². The number of morpholine rings is 1. The smallest absolute Gasteiger partial charge is 0.119 e. The van der Waals surface area contributed by atoms with Gasteiger partial charge < -0.3 is 15.2 Å². The number of hydrogen-bond donors (Lipinski definition) is 1. The van der Waals surface area contributed by atoms with Crippen molar-refractivity contribution in [2.24, 2.45) is 5.73 Å². The van der Waals surface area contributed by atoms with Gasteiger partial charge in [-0.3, -0.25) is 4.90 Å². The molecule has 2 saturated heterocycles. The second-order valence-corrected chi connectivity index (χ2v) is 5.89. The minimum Gasteiger partial charge on any atom is -0.492 e. The second kappa shape index (κ2) is 6.08. The molecule has 2 bridgehead atoms. The lowest BCUT2D eigenvalue weighted by molar-refractivity contribution is -0.0408. The number of likely N-dealkylation sites (tertiary alicyclic amines) is 1. The average molecular weight is 292 g/mol. The Hall–Kier alpha value is -1.17. The van der Waals surface area contributed by atoms with Gasteiger partial charge in [-0.15, -0.1) is 0 Å². The van der Waals surface area contributed by atoms with E-state index in [1.54, 1.807) is 0 Å². The molecule has 2 unspecified atom stereocenters. The molecule has 20 heavy (non-hydrogen) atoms. The summed E-state index contributed by atoms with van der Waals surface area (Å²) in [6, 6.07) is 7.62. The number of benzene rings is 1. The van der Waals surface area contributed by atoms with Crippen LogP contribution in [-0.4, -0.2) is 48.3 Å². The van der Waals surface area contributed by atoms with Crippen LogP contribution < -0.4 is 10.5 Å². The van der Waals surface area contributed by atoms with E-state index in [1.807, 2.05) is 24.3 Å². The molecule has 0 spiro atoms. The fourth-order valence-electron chi connectivity index (χ4n) is 2.89. The van der Waals surface area contributed by atoms with E-state index < -0.39 is 0 Å². The van der Waals surface area contributed by atoms with Crippen molar-refractivity contribution < 1.29 is 9.47 Å². The quantitative estimate of drug-likeness (QED) is 0.835. The topological polar surface area (TPSA) is 47.7 Å². The average Bonchev–Trinajstić information content (AvgIpc) is 2.78. The van der Waals surface area contributed by atoms with Gasteiger partial charge in [0.15, 0.2) is 0 Å². The number of fused-ring (bicyclic) bond motifs is 2. The highest BCUT2D eigenvalue weighted by molar-refractivity contribution is 7.80. The maximum Gasteiger partial charge on any atom is 0.119 e. The largest absolute Gasteiger partial charge is 0.492 e. The Morgan fingerprint density at radius 2 is 1.90 bits per heavy atom. The third kappa shape index (κ3) is 3.29. The van der Waals surface area contributed by atoms with Crippen molar-refractivity contribution in [1.29, 1.82) is 0 Å². The molecule has 0 saturated carbocycles. The van der Waals surface area contributed by atoms with Gasteiger partial charge in [-0.1, -0.05) is 12.2 Å². The maximum absolute atomic E-state index is 5.82. The minimum atomic E-state index is 0.417. The Morgan fingerprint density at radius 1 is 1.25 bits per heavy atom. The Labute approximate surface area is 124 Å². The van der Waals surface area contributed by atoms with Crippen LogP contribution >= 0.6 is 12.2 Å². The summed E-state index contributed by atoms with van der Waals surface area (Å²) in [5, 5.41) is 0. The lowest BCUT2D eigenvalue weighted by atomic mass is 10.2. The van der Waals surface area contributed by atoms with Crippen LogP contribution in [0.25, 0.3) is 0 Å². The summed E-state index contributed by atoms with van der Waals surface area (Å²) in [6.45, 7) is 3.74. The molecule has 2 fully saturated rings. The molecule has 1 aromatic rings. The van der Waals surface area contributed by atoms with Gasteiger partial charge >= 0.3 is 0 Å². The summed E-state index contributed by atoms with van der Waals surface area (Å²) in [4.78, 5) is 2.86. The van der Waals surface area contributed by atoms with Gasteiger partial charge in [-0.2, -0.15) is 0 Å². The van der Waals surface area contributed by atoms with Crippen molar-refractivity contribution in [1.82, 2.24) is 4.90 Å². The molecule has 2 atom stereocenters. The highest BCUT2D eigenvalue weighted by Crippen LogP contribution is 2.25. The molecule has 0 radical (unpaired) electrons. The van der Waals surface area contributed by atoms with Crippen LogP contribution in [0.3, 0.4) is 0 Å². The normalized spacial score (nSPS) is 25.6. The molecular weight excluding hydrogens is 272 g/mol. The maximum atomic E-state index is 5.82. The summed E-state index contributed by atoms with van der Waals surface area (Å²) in [5.74, 6) is 0.862. The summed E-state index contributed by atoms with van der Waals surface area (Å²) >= 11 is 4.92. The van der Waals surface area contributed by atoms with Crippen LogP contribution in [0.2, 0.25) is 0 Å². The van der Waals surface area contributed by atoms with Gasteiger partial charge in [-0.25, -0.2) is 0 Å². The molecule has 5 heteroatoms. The van der Waals surface area contributed by atoms with Gasteiger partial charge in [0, 0.05) is 25.2 Å². The van der Waals surface area contributed by atoms with Crippen LogP contribution in [0.4, 0.5) is 0 Å². The minimum absolute atomic E-state index is 0.417. The molecule has 2 heterocycles. The van der Waals surface area contributed by atoms with E-state index >= 15 is 0 Å². The lowest BCUT2D eigenvalue weighted by Gasteiger charge is -2.31. The first kappa shape index (κ1) is 13.8. The molecule has 0 amide bonds. The Bertz CT molecular complexity index is 465. The molecule has 1 aromatic carbocycles. The van der Waals surface area contributed by atoms with Crippen molar-refractivity contribution in [2.45, 2.75) is 25.0 Å². The monoisotopic (exact) mass is 292 g/mol. The lowest BCUT2D eigenvalue weighted by Crippen LogP contribution is -2.44. The second-order valence-electron chi connectivity index (χ2n) is 5.45. The first-order valence-electron chi connectivity index (χ1n) is 7.11. The molecule has 4 nitrogen and oxygen atoms in total. The highest BCUT2D eigenvalue weighted by atomic mass is 32.1. The van der Waals surface area contributed by atoms with Gasteiger partial charge in [0.1, 0.15) is 17.3 Å². The number of ether oxygens (including phenoxy) is 2. The molecule has 108 valence electrons. The third-order valence-corrected chi connectivity index (χ3v) is 4.17. The zero-order valence-corrected chi connectivity index (χ0v) is 12.3. The predicted octanol–water partition coefficient (Wildman–Crippen LogP) is 1.56. The van der Waals surface area contributed by atoms with Crippen molar-refractivity contribution in [3.8, 4) is 5.75 Å². The van der Waals surface area contributed by atoms with Crippen molar-refractivity contribution in [2.75, 3.05) is 26.2 Å². The van der Waals surface area contributed by atoms with E-state index in [-0.39, 0.29) is 0 Å². The predicted molar refractivity (Wildman–Crippen MR) is 82.2 cm³/mol. The zero-order valence-electron chi connectivity index (χ0n) is 11.5. The van der Waals surface area contributed by atoms with Crippen LogP contribution in [0.15, 0.2) is 24.3 Å². The number of thiocarbonyl (C=S) groups is 1. The van der Waals surface area contributed by atoms with Crippen molar-refractivity contribution in [3.05, 3.63) is 29.8 Å². The molecule has 2 aliphatic rings. The van der Waals surface area contributed by atoms with E-state index in [0.29, 0.717) is 23.8 Å². The van der Waals surface area contributed by atoms with E-state index in [9.17, 15) is 0 Å². The van der Waals surface area contributed by atoms with Crippen LogP contribution in [-0.2, 0) is 4.74 Å². The number of nitrogens with zero attached hydrogens (tertiary/aromatic N) is 1. The van der Waals surface area contributed by atoms with Crippen LogP contribution in [0, 0.1) is 0 Å². The van der Waals surface area contributed by atoms with Crippen LogP contribution in [0.5, 0.6) is 5.75 Å². The molecular formula is C15H20N2O2S.